The number of benzene rings is 1. The molecule has 3 aromatic rings. The summed E-state index contributed by atoms with van der Waals surface area (Å²) in [5.74, 6) is -0.615. The Balaban J connectivity index is 1.50. The van der Waals surface area contributed by atoms with E-state index < -0.39 is 0 Å². The topological polar surface area (TPSA) is 63.1 Å². The van der Waals surface area contributed by atoms with Crippen molar-refractivity contribution in [3.63, 3.8) is 0 Å². The van der Waals surface area contributed by atoms with Crippen LogP contribution in [0.5, 0.6) is 0 Å². The molecule has 1 aliphatic heterocycles. The molecule has 0 spiro atoms. The molecule has 0 unspecified atom stereocenters. The van der Waals surface area contributed by atoms with Crippen molar-refractivity contribution >= 4 is 34.1 Å². The number of amides is 1. The van der Waals surface area contributed by atoms with Crippen LogP contribution < -0.4 is 5.32 Å². The van der Waals surface area contributed by atoms with E-state index in [-0.39, 0.29) is 11.7 Å². The van der Waals surface area contributed by atoms with Crippen LogP contribution in [0.2, 0.25) is 0 Å². The molecule has 152 valence electrons. The monoisotopic (exact) mass is 431 g/mol. The van der Waals surface area contributed by atoms with Crippen molar-refractivity contribution in [2.24, 2.45) is 0 Å². The highest BCUT2D eigenvalue weighted by atomic mass is 32.2. The van der Waals surface area contributed by atoms with Crippen LogP contribution in [0.1, 0.15) is 35.4 Å². The van der Waals surface area contributed by atoms with Gasteiger partial charge in [-0.25, -0.2) is 14.4 Å². The van der Waals surface area contributed by atoms with Crippen LogP contribution in [0, 0.1) is 5.82 Å². The summed E-state index contributed by atoms with van der Waals surface area (Å²) in [7, 11) is 0. The standard InChI is InChI=1S/C20H22FN5OS2/c1-28-20-22-11-17(26(20)16-7-5-14(21)6-8-16)18(27)24-19-23-15(13-29-19)12-25-9-3-2-4-10-25/h5-8,11,13H,2-4,9-10,12H2,1H3,(H,23,24,27). The van der Waals surface area contributed by atoms with Gasteiger partial charge in [0.15, 0.2) is 10.3 Å². The van der Waals surface area contributed by atoms with E-state index in [0.717, 1.165) is 25.3 Å². The van der Waals surface area contributed by atoms with Gasteiger partial charge in [0.1, 0.15) is 11.5 Å². The molecule has 6 nitrogen and oxygen atoms in total. The van der Waals surface area contributed by atoms with E-state index in [0.29, 0.717) is 21.7 Å². The molecule has 3 heterocycles. The maximum atomic E-state index is 13.3. The van der Waals surface area contributed by atoms with Crippen LogP contribution in [0.15, 0.2) is 41.0 Å². The summed E-state index contributed by atoms with van der Waals surface area (Å²) in [6.45, 7) is 3.03. The molecule has 0 radical (unpaired) electrons. The molecule has 4 rings (SSSR count). The molecule has 1 aromatic carbocycles. The molecule has 0 saturated carbocycles. The molecule has 1 N–H and O–H groups in total. The first-order valence-corrected chi connectivity index (χ1v) is 11.6. The summed E-state index contributed by atoms with van der Waals surface area (Å²) in [6.07, 6.45) is 7.19. The zero-order valence-corrected chi connectivity index (χ0v) is 17.7. The van der Waals surface area contributed by atoms with Crippen molar-refractivity contribution in [1.82, 2.24) is 19.4 Å². The fourth-order valence-corrected chi connectivity index (χ4v) is 4.66. The molecule has 9 heteroatoms. The number of imidazole rings is 1. The predicted octanol–water partition coefficient (Wildman–Crippen LogP) is 4.43. The number of nitrogens with zero attached hydrogens (tertiary/aromatic N) is 4. The maximum absolute atomic E-state index is 13.3. The number of thioether (sulfide) groups is 1. The second kappa shape index (κ2) is 9.06. The smallest absolute Gasteiger partial charge is 0.276 e. The van der Waals surface area contributed by atoms with Crippen molar-refractivity contribution in [3.8, 4) is 5.69 Å². The first-order chi connectivity index (χ1) is 14.1. The average Bonchev–Trinajstić information content (AvgIpc) is 3.36. The van der Waals surface area contributed by atoms with E-state index in [9.17, 15) is 9.18 Å². The number of nitrogens with one attached hydrogen (secondary N) is 1. The number of carbonyl (C=O) groups is 1. The molecular formula is C20H22FN5OS2. The number of halogens is 1. The first-order valence-electron chi connectivity index (χ1n) is 9.50. The fourth-order valence-electron chi connectivity index (χ4n) is 3.42. The van der Waals surface area contributed by atoms with Crippen LogP contribution in [-0.2, 0) is 6.54 Å². The number of hydrogen-bond donors (Lipinski definition) is 1. The summed E-state index contributed by atoms with van der Waals surface area (Å²) in [5, 5.41) is 6.10. The summed E-state index contributed by atoms with van der Waals surface area (Å²) in [6, 6.07) is 6.00. The van der Waals surface area contributed by atoms with Crippen molar-refractivity contribution in [2.45, 2.75) is 31.0 Å². The minimum Gasteiger partial charge on any atom is -0.297 e. The van der Waals surface area contributed by atoms with Gasteiger partial charge in [-0.15, -0.1) is 11.3 Å². The zero-order valence-electron chi connectivity index (χ0n) is 16.1. The van der Waals surface area contributed by atoms with Gasteiger partial charge in [0.05, 0.1) is 11.9 Å². The molecule has 0 bridgehead atoms. The van der Waals surface area contributed by atoms with E-state index in [2.05, 4.69) is 20.2 Å². The largest absolute Gasteiger partial charge is 0.297 e. The third kappa shape index (κ3) is 4.68. The molecule has 2 aromatic heterocycles. The number of likely N-dealkylation sites (tertiary alicyclic amines) is 1. The molecular weight excluding hydrogens is 409 g/mol. The molecule has 0 atom stereocenters. The molecule has 1 saturated heterocycles. The number of hydrogen-bond acceptors (Lipinski definition) is 6. The lowest BCUT2D eigenvalue weighted by molar-refractivity contribution is 0.102. The Morgan fingerprint density at radius 3 is 2.72 bits per heavy atom. The fraction of sp³-hybridized carbons (Fsp3) is 0.350. The van der Waals surface area contributed by atoms with Crippen molar-refractivity contribution in [1.29, 1.82) is 0 Å². The summed E-state index contributed by atoms with van der Waals surface area (Å²) < 4.78 is 15.0. The van der Waals surface area contributed by atoms with Gasteiger partial charge in [0.2, 0.25) is 0 Å². The number of carbonyl (C=O) groups excluding carboxylic acids is 1. The van der Waals surface area contributed by atoms with Crippen molar-refractivity contribution < 1.29 is 9.18 Å². The van der Waals surface area contributed by atoms with Crippen LogP contribution in [0.4, 0.5) is 9.52 Å². The number of aromatic nitrogens is 3. The molecule has 1 aliphatic rings. The Morgan fingerprint density at radius 1 is 1.24 bits per heavy atom. The lowest BCUT2D eigenvalue weighted by atomic mass is 10.1. The Hall–Kier alpha value is -2.23. The van der Waals surface area contributed by atoms with Gasteiger partial charge >= 0.3 is 0 Å². The van der Waals surface area contributed by atoms with E-state index in [1.165, 1.54) is 60.7 Å². The second-order valence-corrected chi connectivity index (χ2v) is 8.51. The minimum absolute atomic E-state index is 0.291. The van der Waals surface area contributed by atoms with E-state index in [1.54, 1.807) is 16.7 Å². The van der Waals surface area contributed by atoms with Gasteiger partial charge in [-0.1, -0.05) is 18.2 Å². The minimum atomic E-state index is -0.324. The first kappa shape index (κ1) is 20.1. The Morgan fingerprint density at radius 2 is 2.00 bits per heavy atom. The highest BCUT2D eigenvalue weighted by Crippen LogP contribution is 2.24. The quantitative estimate of drug-likeness (QED) is 0.585. The SMILES string of the molecule is CSc1ncc(C(=O)Nc2nc(CN3CCCCC3)cs2)n1-c1ccc(F)cc1. The lowest BCUT2D eigenvalue weighted by Crippen LogP contribution is -2.29. The van der Waals surface area contributed by atoms with Crippen molar-refractivity contribution in [2.75, 3.05) is 24.7 Å². The average molecular weight is 432 g/mol. The second-order valence-electron chi connectivity index (χ2n) is 6.88. The Labute approximate surface area is 177 Å². The van der Waals surface area contributed by atoms with Gasteiger partial charge in [-0.05, 0) is 56.5 Å². The maximum Gasteiger partial charge on any atom is 0.276 e. The number of anilines is 1. The normalized spacial score (nSPS) is 14.8. The number of rotatable bonds is 6. The summed E-state index contributed by atoms with van der Waals surface area (Å²) in [5.41, 5.74) is 2.04. The van der Waals surface area contributed by atoms with Crippen LogP contribution >= 0.6 is 23.1 Å². The number of thiazole rings is 1. The van der Waals surface area contributed by atoms with E-state index in [4.69, 9.17) is 0 Å². The Kier molecular flexibility index (Phi) is 6.27. The molecule has 1 amide bonds. The number of piperidine rings is 1. The van der Waals surface area contributed by atoms with Gasteiger partial charge < -0.3 is 0 Å². The zero-order chi connectivity index (χ0) is 20.2. The highest BCUT2D eigenvalue weighted by Gasteiger charge is 2.19. The molecule has 0 aliphatic carbocycles. The Bertz CT molecular complexity index is 979. The van der Waals surface area contributed by atoms with Crippen LogP contribution in [0.25, 0.3) is 5.69 Å². The summed E-state index contributed by atoms with van der Waals surface area (Å²) >= 11 is 2.85. The van der Waals surface area contributed by atoms with E-state index >= 15 is 0 Å². The molecule has 29 heavy (non-hydrogen) atoms. The van der Waals surface area contributed by atoms with E-state index in [1.807, 2.05) is 11.6 Å². The van der Waals surface area contributed by atoms with Crippen LogP contribution in [-0.4, -0.2) is 44.7 Å². The van der Waals surface area contributed by atoms with Gasteiger partial charge in [-0.3, -0.25) is 19.6 Å². The van der Waals surface area contributed by atoms with Gasteiger partial charge in [0.25, 0.3) is 5.91 Å². The van der Waals surface area contributed by atoms with Crippen molar-refractivity contribution in [3.05, 3.63) is 53.0 Å². The third-order valence-corrected chi connectivity index (χ3v) is 6.30. The third-order valence-electron chi connectivity index (χ3n) is 4.84. The molecule has 1 fully saturated rings. The lowest BCUT2D eigenvalue weighted by Gasteiger charge is -2.25. The van der Waals surface area contributed by atoms with Crippen LogP contribution in [0.3, 0.4) is 0 Å². The van der Waals surface area contributed by atoms with Gasteiger partial charge in [-0.2, -0.15) is 0 Å². The van der Waals surface area contributed by atoms with Gasteiger partial charge in [0, 0.05) is 17.6 Å². The summed E-state index contributed by atoms with van der Waals surface area (Å²) in [4.78, 5) is 24.2. The predicted molar refractivity (Wildman–Crippen MR) is 114 cm³/mol. The highest BCUT2D eigenvalue weighted by molar-refractivity contribution is 7.98.